The van der Waals surface area contributed by atoms with E-state index in [0.717, 1.165) is 12.8 Å². The number of alkyl halides is 2. The normalized spacial score (nSPS) is 14.9. The molecule has 11 heteroatoms. The molecule has 0 atom stereocenters. The number of aromatic amines is 1. The lowest BCUT2D eigenvalue weighted by Gasteiger charge is -2.19. The van der Waals surface area contributed by atoms with E-state index in [4.69, 9.17) is 4.74 Å². The zero-order chi connectivity index (χ0) is 22.9. The number of hydrogen-bond acceptors (Lipinski definition) is 5. The van der Waals surface area contributed by atoms with Gasteiger partial charge in [0.25, 0.3) is 12.3 Å². The molecule has 0 radical (unpaired) electrons. The van der Waals surface area contributed by atoms with Crippen LogP contribution in [-0.4, -0.2) is 48.3 Å². The number of sulfonamides is 1. The van der Waals surface area contributed by atoms with Crippen molar-refractivity contribution in [1.29, 1.82) is 0 Å². The van der Waals surface area contributed by atoms with E-state index < -0.39 is 28.2 Å². The molecule has 1 aliphatic heterocycles. The molecule has 32 heavy (non-hydrogen) atoms. The number of H-pyrrole nitrogens is 1. The number of carbonyl (C=O) groups is 1. The molecule has 2 N–H and O–H groups in total. The first-order valence-electron chi connectivity index (χ1n) is 10.2. The fourth-order valence-corrected chi connectivity index (χ4v) is 5.28. The molecule has 170 valence electrons. The minimum atomic E-state index is -3.78. The third-order valence-corrected chi connectivity index (χ3v) is 7.07. The number of benzene rings is 2. The summed E-state index contributed by atoms with van der Waals surface area (Å²) in [7, 11) is -3.78. The Balaban J connectivity index is 1.62. The number of hydrogen-bond donors (Lipinski definition) is 2. The standard InChI is InChI=1S/C21H22F2N4O4S/c1-2-31-17-8-6-14(12-18(17)32(29,30)27-9-3-4-10-27)24-21(28)13-5-7-15-16(11-13)26-20(25-15)19(22)23/h5-8,11-12,19H,2-4,9-10H2,1H3,(H,24,28)(H,25,26). The van der Waals surface area contributed by atoms with Crippen molar-refractivity contribution >= 4 is 32.7 Å². The van der Waals surface area contributed by atoms with E-state index in [1.165, 1.54) is 34.6 Å². The van der Waals surface area contributed by atoms with E-state index >= 15 is 0 Å². The number of nitrogens with zero attached hydrogens (tertiary/aromatic N) is 2. The quantitative estimate of drug-likeness (QED) is 0.551. The van der Waals surface area contributed by atoms with Gasteiger partial charge < -0.3 is 15.0 Å². The van der Waals surface area contributed by atoms with Gasteiger partial charge in [0, 0.05) is 24.3 Å². The van der Waals surface area contributed by atoms with Crippen LogP contribution in [0.2, 0.25) is 0 Å². The Morgan fingerprint density at radius 3 is 2.66 bits per heavy atom. The van der Waals surface area contributed by atoms with Crippen molar-refractivity contribution in [1.82, 2.24) is 14.3 Å². The third-order valence-electron chi connectivity index (χ3n) is 5.15. The van der Waals surface area contributed by atoms with Crippen molar-refractivity contribution in [2.45, 2.75) is 31.1 Å². The largest absolute Gasteiger partial charge is 0.492 e. The molecular formula is C21H22F2N4O4S. The van der Waals surface area contributed by atoms with Crippen LogP contribution in [0.25, 0.3) is 11.0 Å². The molecule has 0 unspecified atom stereocenters. The monoisotopic (exact) mass is 464 g/mol. The van der Waals surface area contributed by atoms with Crippen LogP contribution in [-0.2, 0) is 10.0 Å². The fraction of sp³-hybridized carbons (Fsp3) is 0.333. The highest BCUT2D eigenvalue weighted by atomic mass is 32.2. The molecule has 2 heterocycles. The summed E-state index contributed by atoms with van der Waals surface area (Å²) in [5.74, 6) is -0.773. The number of nitrogens with one attached hydrogen (secondary N) is 2. The van der Waals surface area contributed by atoms with E-state index in [-0.39, 0.29) is 21.9 Å². The van der Waals surface area contributed by atoms with Crippen LogP contribution in [0.3, 0.4) is 0 Å². The van der Waals surface area contributed by atoms with Gasteiger partial charge in [-0.3, -0.25) is 4.79 Å². The maximum Gasteiger partial charge on any atom is 0.295 e. The summed E-state index contributed by atoms with van der Waals surface area (Å²) in [6.07, 6.45) is -1.16. The Hall–Kier alpha value is -3.05. The van der Waals surface area contributed by atoms with Gasteiger partial charge in [-0.2, -0.15) is 4.31 Å². The van der Waals surface area contributed by atoms with E-state index in [1.54, 1.807) is 13.0 Å². The van der Waals surface area contributed by atoms with Crippen molar-refractivity contribution in [2.24, 2.45) is 0 Å². The number of fused-ring (bicyclic) bond motifs is 1. The minimum Gasteiger partial charge on any atom is -0.492 e. The number of ether oxygens (including phenoxy) is 1. The number of rotatable bonds is 7. The molecule has 1 saturated heterocycles. The smallest absolute Gasteiger partial charge is 0.295 e. The molecular weight excluding hydrogens is 442 g/mol. The topological polar surface area (TPSA) is 104 Å². The van der Waals surface area contributed by atoms with Crippen molar-refractivity contribution in [3.63, 3.8) is 0 Å². The van der Waals surface area contributed by atoms with Crippen molar-refractivity contribution in [2.75, 3.05) is 25.0 Å². The highest BCUT2D eigenvalue weighted by Gasteiger charge is 2.30. The average molecular weight is 464 g/mol. The Morgan fingerprint density at radius 1 is 1.22 bits per heavy atom. The fourth-order valence-electron chi connectivity index (χ4n) is 3.61. The van der Waals surface area contributed by atoms with Crippen LogP contribution in [0.4, 0.5) is 14.5 Å². The van der Waals surface area contributed by atoms with E-state index in [2.05, 4.69) is 15.3 Å². The number of aromatic nitrogens is 2. The summed E-state index contributed by atoms with van der Waals surface area (Å²) in [5, 5.41) is 2.66. The van der Waals surface area contributed by atoms with Gasteiger partial charge in [-0.15, -0.1) is 0 Å². The van der Waals surface area contributed by atoms with Crippen molar-refractivity contribution < 1.29 is 26.7 Å². The maximum atomic E-state index is 13.1. The van der Waals surface area contributed by atoms with Gasteiger partial charge >= 0.3 is 0 Å². The predicted molar refractivity (Wildman–Crippen MR) is 115 cm³/mol. The van der Waals surface area contributed by atoms with Crippen LogP contribution in [0.5, 0.6) is 5.75 Å². The SMILES string of the molecule is CCOc1ccc(NC(=O)c2ccc3nc(C(F)F)[nH]c3c2)cc1S(=O)(=O)N1CCCC1. The molecule has 1 amide bonds. The molecule has 2 aromatic carbocycles. The number of halogens is 2. The van der Waals surface area contributed by atoms with Gasteiger partial charge in [0.15, 0.2) is 5.82 Å². The molecule has 0 aliphatic carbocycles. The zero-order valence-electron chi connectivity index (χ0n) is 17.3. The Morgan fingerprint density at radius 2 is 1.97 bits per heavy atom. The third kappa shape index (κ3) is 4.30. The molecule has 1 aliphatic rings. The Bertz CT molecular complexity index is 1250. The van der Waals surface area contributed by atoms with Crippen molar-refractivity contribution in [3.05, 3.63) is 47.8 Å². The maximum absolute atomic E-state index is 13.1. The molecule has 4 rings (SSSR count). The Kier molecular flexibility index (Phi) is 6.11. The van der Waals surface area contributed by atoms with Crippen LogP contribution >= 0.6 is 0 Å². The summed E-state index contributed by atoms with van der Waals surface area (Å²) in [4.78, 5) is 19.0. The summed E-state index contributed by atoms with van der Waals surface area (Å²) in [6.45, 7) is 2.93. The van der Waals surface area contributed by atoms with Gasteiger partial charge in [-0.05, 0) is 56.2 Å². The van der Waals surface area contributed by atoms with Crippen LogP contribution < -0.4 is 10.1 Å². The van der Waals surface area contributed by atoms with Gasteiger partial charge in [0.2, 0.25) is 10.0 Å². The second kappa shape index (κ2) is 8.83. The lowest BCUT2D eigenvalue weighted by atomic mass is 10.2. The molecule has 1 fully saturated rings. The lowest BCUT2D eigenvalue weighted by molar-refractivity contribution is 0.102. The number of anilines is 1. The van der Waals surface area contributed by atoms with Gasteiger partial charge in [0.1, 0.15) is 10.6 Å². The van der Waals surface area contributed by atoms with Gasteiger partial charge in [-0.25, -0.2) is 22.2 Å². The molecule has 0 bridgehead atoms. The highest BCUT2D eigenvalue weighted by molar-refractivity contribution is 7.89. The minimum absolute atomic E-state index is 0.00959. The lowest BCUT2D eigenvalue weighted by Crippen LogP contribution is -2.28. The first-order valence-corrected chi connectivity index (χ1v) is 11.6. The second-order valence-corrected chi connectivity index (χ2v) is 9.22. The highest BCUT2D eigenvalue weighted by Crippen LogP contribution is 2.32. The molecule has 8 nitrogen and oxygen atoms in total. The van der Waals surface area contributed by atoms with Gasteiger partial charge in [0.05, 0.1) is 17.6 Å². The van der Waals surface area contributed by atoms with Crippen LogP contribution in [0.15, 0.2) is 41.3 Å². The van der Waals surface area contributed by atoms with Crippen LogP contribution in [0, 0.1) is 0 Å². The predicted octanol–water partition coefficient (Wildman–Crippen LogP) is 3.94. The van der Waals surface area contributed by atoms with Gasteiger partial charge in [-0.1, -0.05) is 0 Å². The molecule has 3 aromatic rings. The molecule has 0 spiro atoms. The summed E-state index contributed by atoms with van der Waals surface area (Å²) in [5.41, 5.74) is 1.10. The van der Waals surface area contributed by atoms with E-state index in [1.807, 2.05) is 0 Å². The first-order chi connectivity index (χ1) is 15.3. The van der Waals surface area contributed by atoms with Crippen molar-refractivity contribution in [3.8, 4) is 5.75 Å². The first kappa shape index (κ1) is 22.2. The average Bonchev–Trinajstić information content (AvgIpc) is 3.45. The summed E-state index contributed by atoms with van der Waals surface area (Å²) in [6, 6.07) is 8.78. The number of carbonyl (C=O) groups excluding carboxylic acids is 1. The summed E-state index contributed by atoms with van der Waals surface area (Å²) < 4.78 is 58.8. The second-order valence-electron chi connectivity index (χ2n) is 7.31. The number of amides is 1. The zero-order valence-corrected chi connectivity index (χ0v) is 18.1. The van der Waals surface area contributed by atoms with E-state index in [9.17, 15) is 22.0 Å². The molecule has 0 saturated carbocycles. The number of imidazole rings is 1. The Labute approximate surface area is 183 Å². The summed E-state index contributed by atoms with van der Waals surface area (Å²) >= 11 is 0. The van der Waals surface area contributed by atoms with Crippen LogP contribution in [0.1, 0.15) is 42.4 Å². The van der Waals surface area contributed by atoms with E-state index in [0.29, 0.717) is 30.7 Å². The molecule has 1 aromatic heterocycles.